The number of allylic oxidation sites excluding steroid dienone is 2. The molecule has 0 unspecified atom stereocenters. The van der Waals surface area contributed by atoms with Crippen molar-refractivity contribution < 1.29 is 24.4 Å². The van der Waals surface area contributed by atoms with Crippen molar-refractivity contribution in [1.82, 2.24) is 4.98 Å². The molecule has 3 N–H and O–H groups in total. The Morgan fingerprint density at radius 3 is 2.43 bits per heavy atom. The monoisotopic (exact) mass is 653 g/mol. The Morgan fingerprint density at radius 1 is 0.959 bits per heavy atom. The van der Waals surface area contributed by atoms with Crippen LogP contribution in [0.15, 0.2) is 114 Å². The Bertz CT molecular complexity index is 1890. The second-order valence-electron chi connectivity index (χ2n) is 13.5. The molecule has 4 atom stereocenters. The van der Waals surface area contributed by atoms with Gasteiger partial charge in [0.2, 0.25) is 11.8 Å². The molecule has 1 aromatic heterocycles. The Balaban J connectivity index is 1.16. The highest BCUT2D eigenvalue weighted by Crippen LogP contribution is 2.52. The molecule has 248 valence electrons. The van der Waals surface area contributed by atoms with E-state index in [4.69, 9.17) is 4.65 Å². The van der Waals surface area contributed by atoms with E-state index in [1.807, 2.05) is 84.9 Å². The van der Waals surface area contributed by atoms with E-state index in [2.05, 4.69) is 24.1 Å². The van der Waals surface area contributed by atoms with E-state index in [9.17, 15) is 19.7 Å². The van der Waals surface area contributed by atoms with E-state index in [1.54, 1.807) is 24.4 Å². The molecule has 1 aliphatic carbocycles. The molecule has 2 fully saturated rings. The number of anilines is 3. The average Bonchev–Trinajstić information content (AvgIpc) is 3.36. The van der Waals surface area contributed by atoms with Crippen molar-refractivity contribution in [1.29, 1.82) is 0 Å². The van der Waals surface area contributed by atoms with Crippen molar-refractivity contribution in [3.8, 4) is 5.75 Å². The molecular formula is C40H40BN3O5. The van der Waals surface area contributed by atoms with Crippen LogP contribution in [-0.4, -0.2) is 40.2 Å². The molecule has 4 aromatic rings. The number of benzene rings is 3. The van der Waals surface area contributed by atoms with Crippen LogP contribution in [0.1, 0.15) is 44.4 Å². The summed E-state index contributed by atoms with van der Waals surface area (Å²) in [6.45, 7) is 4.25. The number of nitrogens with one attached hydrogen (secondary N) is 1. The molecule has 3 aromatic carbocycles. The lowest BCUT2D eigenvalue weighted by atomic mass is 9.57. The van der Waals surface area contributed by atoms with Gasteiger partial charge in [0.15, 0.2) is 0 Å². The number of para-hydroxylation sites is 1. The summed E-state index contributed by atoms with van der Waals surface area (Å²) in [5.74, 6) is -1.43. The van der Waals surface area contributed by atoms with Crippen molar-refractivity contribution in [2.75, 3.05) is 10.2 Å². The summed E-state index contributed by atoms with van der Waals surface area (Å²) in [6.07, 6.45) is 5.24. The molecule has 3 heterocycles. The molecule has 9 heteroatoms. The maximum atomic E-state index is 14.3. The Hall–Kier alpha value is -4.99. The smallest absolute Gasteiger partial charge is 0.455 e. The second kappa shape index (κ2) is 13.9. The number of hydrogen-bond acceptors (Lipinski definition) is 7. The quantitative estimate of drug-likeness (QED) is 0.0974. The number of rotatable bonds is 9. The van der Waals surface area contributed by atoms with Crippen molar-refractivity contribution in [3.63, 3.8) is 0 Å². The minimum Gasteiger partial charge on any atom is -0.508 e. The number of phenolic OH excluding ortho intramolecular Hbond substituents is 1. The molecular weight excluding hydrogens is 613 g/mol. The molecule has 3 aliphatic rings. The maximum Gasteiger partial charge on any atom is 0.455 e. The van der Waals surface area contributed by atoms with E-state index in [1.165, 1.54) is 4.90 Å². The molecule has 49 heavy (non-hydrogen) atoms. The normalized spacial score (nSPS) is 22.4. The van der Waals surface area contributed by atoms with Crippen molar-refractivity contribution in [2.45, 2.75) is 45.5 Å². The highest BCUT2D eigenvalue weighted by molar-refractivity contribution is 6.43. The summed E-state index contributed by atoms with van der Waals surface area (Å²) >= 11 is 0. The van der Waals surface area contributed by atoms with Gasteiger partial charge in [0.1, 0.15) is 5.75 Å². The number of pyridine rings is 1. The summed E-state index contributed by atoms with van der Waals surface area (Å²) in [6, 6.07) is 30.1. The van der Waals surface area contributed by atoms with E-state index in [0.29, 0.717) is 24.9 Å². The molecule has 0 saturated carbocycles. The van der Waals surface area contributed by atoms with Gasteiger partial charge in [-0.3, -0.25) is 19.5 Å². The van der Waals surface area contributed by atoms with Crippen molar-refractivity contribution in [3.05, 3.63) is 126 Å². The first-order valence-corrected chi connectivity index (χ1v) is 17.0. The Morgan fingerprint density at radius 2 is 1.71 bits per heavy atom. The van der Waals surface area contributed by atoms with Crippen LogP contribution in [-0.2, 0) is 14.2 Å². The van der Waals surface area contributed by atoms with Crippen LogP contribution >= 0.6 is 0 Å². The van der Waals surface area contributed by atoms with Crippen LogP contribution in [0.2, 0.25) is 6.32 Å². The summed E-state index contributed by atoms with van der Waals surface area (Å²) in [5, 5.41) is 24.5. The molecule has 2 aliphatic heterocycles. The predicted octanol–water partition coefficient (Wildman–Crippen LogP) is 7.51. The van der Waals surface area contributed by atoms with Crippen molar-refractivity contribution in [2.24, 2.45) is 23.7 Å². The lowest BCUT2D eigenvalue weighted by Gasteiger charge is -2.44. The van der Waals surface area contributed by atoms with Crippen LogP contribution in [0.5, 0.6) is 5.75 Å². The molecule has 2 amide bonds. The number of aromatic nitrogens is 1. The number of nitrogens with zero attached hydrogens (tertiary/aromatic N) is 2. The molecule has 0 spiro atoms. The first-order chi connectivity index (χ1) is 23.8. The van der Waals surface area contributed by atoms with Gasteiger partial charge in [-0.05, 0) is 121 Å². The first-order valence-electron chi connectivity index (χ1n) is 17.0. The summed E-state index contributed by atoms with van der Waals surface area (Å²) < 4.78 is 6.27. The minimum absolute atomic E-state index is 0.137. The van der Waals surface area contributed by atoms with Gasteiger partial charge >= 0.3 is 7.12 Å². The number of carbonyl (C=O) groups excluding carboxylic acids is 2. The van der Waals surface area contributed by atoms with Gasteiger partial charge in [-0.2, -0.15) is 0 Å². The van der Waals surface area contributed by atoms with Gasteiger partial charge in [-0.1, -0.05) is 55.8 Å². The maximum absolute atomic E-state index is 14.3. The third kappa shape index (κ3) is 6.69. The predicted molar refractivity (Wildman–Crippen MR) is 193 cm³/mol. The number of amides is 2. The van der Waals surface area contributed by atoms with E-state index in [0.717, 1.165) is 39.4 Å². The number of aromatic hydroxyl groups is 1. The van der Waals surface area contributed by atoms with Crippen LogP contribution in [0.25, 0.3) is 11.6 Å². The highest BCUT2D eigenvalue weighted by Gasteiger charge is 2.57. The SMILES string of the molecule is CC(C)C1=C2[C@@H](CC/C(=C/c3cccc(O)c3)c3ccccn3)OB(O)C[C@@H]2[C@@H]2C(=O)N(c3ccc(Nc4ccccc4)cc3)C(=O)[C@@H]2C1. The van der Waals surface area contributed by atoms with Crippen LogP contribution in [0.4, 0.5) is 17.1 Å². The third-order valence-corrected chi connectivity index (χ3v) is 10.0. The van der Waals surface area contributed by atoms with Gasteiger partial charge in [0, 0.05) is 17.6 Å². The van der Waals surface area contributed by atoms with Crippen LogP contribution in [0, 0.1) is 23.7 Å². The van der Waals surface area contributed by atoms with Gasteiger partial charge in [0.25, 0.3) is 0 Å². The fourth-order valence-corrected chi connectivity index (χ4v) is 7.82. The van der Waals surface area contributed by atoms with Crippen LogP contribution < -0.4 is 10.2 Å². The van der Waals surface area contributed by atoms with Gasteiger partial charge in [0.05, 0.1) is 29.3 Å². The summed E-state index contributed by atoms with van der Waals surface area (Å²) in [4.78, 5) is 34.3. The number of carbonyl (C=O) groups is 2. The zero-order valence-corrected chi connectivity index (χ0v) is 27.7. The Labute approximate surface area is 287 Å². The number of phenols is 1. The highest BCUT2D eigenvalue weighted by atomic mass is 16.5. The lowest BCUT2D eigenvalue weighted by Crippen LogP contribution is -2.46. The minimum atomic E-state index is -1.06. The molecule has 7 rings (SSSR count). The first kappa shape index (κ1) is 32.6. The molecule has 0 radical (unpaired) electrons. The fraction of sp³-hybridized carbons (Fsp3) is 0.275. The number of fused-ring (bicyclic) bond motifs is 3. The summed E-state index contributed by atoms with van der Waals surface area (Å²) in [5.41, 5.74) is 7.20. The molecule has 8 nitrogen and oxygen atoms in total. The zero-order chi connectivity index (χ0) is 34.1. The van der Waals surface area contributed by atoms with Crippen molar-refractivity contribution >= 4 is 47.6 Å². The fourth-order valence-electron chi connectivity index (χ4n) is 7.82. The Kier molecular flexibility index (Phi) is 9.21. The molecule has 2 saturated heterocycles. The van der Waals surface area contributed by atoms with Gasteiger partial charge in [-0.15, -0.1) is 0 Å². The van der Waals surface area contributed by atoms with Crippen LogP contribution in [0.3, 0.4) is 0 Å². The topological polar surface area (TPSA) is 112 Å². The van der Waals surface area contributed by atoms with Gasteiger partial charge in [-0.25, -0.2) is 0 Å². The standard InChI is InChI=1S/C40H40BN3O5/c1-25(2)32-23-33-38(40(47)44(39(33)46)30-17-15-29(16-18-30)43-28-10-4-3-5-11-28)34-24-41(48)49-36(37(32)34)19-14-27(35-13-6-7-20-42-35)21-26-9-8-12-31(45)22-26/h3-13,15-18,20-22,25,33-34,36,38,43,45,48H,14,19,23-24H2,1-2H3/b27-21-/t33-,34+,36-,38-/m1/s1. The number of imide groups is 1. The van der Waals surface area contributed by atoms with Gasteiger partial charge < -0.3 is 20.1 Å². The van der Waals surface area contributed by atoms with E-state index >= 15 is 0 Å². The summed E-state index contributed by atoms with van der Waals surface area (Å²) in [7, 11) is -1.06. The average molecular weight is 654 g/mol. The van der Waals surface area contributed by atoms with E-state index < -0.39 is 25.1 Å². The third-order valence-electron chi connectivity index (χ3n) is 10.0. The largest absolute Gasteiger partial charge is 0.508 e. The second-order valence-corrected chi connectivity index (χ2v) is 13.5. The molecule has 0 bridgehead atoms. The lowest BCUT2D eigenvalue weighted by molar-refractivity contribution is -0.122. The van der Waals surface area contributed by atoms with E-state index in [-0.39, 0.29) is 35.7 Å². The number of hydrogen-bond donors (Lipinski definition) is 3. The zero-order valence-electron chi connectivity index (χ0n) is 27.7.